The minimum absolute atomic E-state index is 0.849. The highest BCUT2D eigenvalue weighted by Gasteiger charge is 2.55. The monoisotopic (exact) mass is 178 g/mol. The molecule has 0 N–H and O–H groups in total. The SMILES string of the molecule is CC1CC2(C3CCC3C)CCC1C2. The van der Waals surface area contributed by atoms with E-state index < -0.39 is 0 Å². The molecule has 3 aliphatic rings. The average molecular weight is 178 g/mol. The van der Waals surface area contributed by atoms with Crippen LogP contribution in [0.4, 0.5) is 0 Å². The third-order valence-corrected chi connectivity index (χ3v) is 5.62. The average Bonchev–Trinajstić information content (AvgIpc) is 2.58. The largest absolute Gasteiger partial charge is 0.0622 e. The van der Waals surface area contributed by atoms with Crippen LogP contribution in [0.15, 0.2) is 0 Å². The van der Waals surface area contributed by atoms with Crippen molar-refractivity contribution in [3.05, 3.63) is 0 Å². The Labute approximate surface area is 82.1 Å². The second-order valence-electron chi connectivity index (χ2n) is 6.21. The zero-order chi connectivity index (χ0) is 9.05. The first-order valence-corrected chi connectivity index (χ1v) is 6.21. The fraction of sp³-hybridized carbons (Fsp3) is 1.00. The number of rotatable bonds is 1. The van der Waals surface area contributed by atoms with Gasteiger partial charge in [-0.15, -0.1) is 0 Å². The Morgan fingerprint density at radius 2 is 1.77 bits per heavy atom. The molecule has 0 aromatic heterocycles. The zero-order valence-electron chi connectivity index (χ0n) is 9.05. The molecule has 0 saturated heterocycles. The fourth-order valence-corrected chi connectivity index (χ4v) is 4.74. The van der Waals surface area contributed by atoms with Crippen LogP contribution in [0.1, 0.15) is 52.4 Å². The lowest BCUT2D eigenvalue weighted by molar-refractivity contribution is 0.0273. The lowest BCUT2D eigenvalue weighted by atomic mass is 9.58. The molecule has 0 spiro atoms. The van der Waals surface area contributed by atoms with Gasteiger partial charge in [0.05, 0.1) is 0 Å². The van der Waals surface area contributed by atoms with Gasteiger partial charge in [-0.2, -0.15) is 0 Å². The van der Waals surface area contributed by atoms with E-state index in [4.69, 9.17) is 0 Å². The first-order chi connectivity index (χ1) is 6.21. The Kier molecular flexibility index (Phi) is 1.61. The summed E-state index contributed by atoms with van der Waals surface area (Å²) in [5, 5.41) is 0. The molecule has 0 heteroatoms. The van der Waals surface area contributed by atoms with Crippen LogP contribution in [0, 0.1) is 29.1 Å². The van der Waals surface area contributed by atoms with Gasteiger partial charge in [0, 0.05) is 0 Å². The molecule has 74 valence electrons. The summed E-state index contributed by atoms with van der Waals surface area (Å²) >= 11 is 0. The number of fused-ring (bicyclic) bond motifs is 2. The van der Waals surface area contributed by atoms with Gasteiger partial charge >= 0.3 is 0 Å². The van der Waals surface area contributed by atoms with Crippen LogP contribution in [0.25, 0.3) is 0 Å². The third-order valence-electron chi connectivity index (χ3n) is 5.62. The smallest absolute Gasteiger partial charge is 0.0261 e. The van der Waals surface area contributed by atoms with Crippen LogP contribution in [-0.4, -0.2) is 0 Å². The molecule has 5 atom stereocenters. The number of hydrogen-bond acceptors (Lipinski definition) is 0. The molecule has 0 aliphatic heterocycles. The van der Waals surface area contributed by atoms with E-state index in [9.17, 15) is 0 Å². The van der Waals surface area contributed by atoms with E-state index in [0.29, 0.717) is 0 Å². The second kappa shape index (κ2) is 2.52. The van der Waals surface area contributed by atoms with Crippen molar-refractivity contribution in [1.82, 2.24) is 0 Å². The molecule has 0 heterocycles. The van der Waals surface area contributed by atoms with Gasteiger partial charge < -0.3 is 0 Å². The van der Waals surface area contributed by atoms with Crippen molar-refractivity contribution < 1.29 is 0 Å². The third kappa shape index (κ3) is 0.980. The van der Waals surface area contributed by atoms with Gasteiger partial charge in [0.15, 0.2) is 0 Å². The van der Waals surface area contributed by atoms with Crippen molar-refractivity contribution in [2.45, 2.75) is 52.4 Å². The Balaban J connectivity index is 1.82. The molecule has 0 radical (unpaired) electrons. The van der Waals surface area contributed by atoms with Crippen LogP contribution in [0.5, 0.6) is 0 Å². The Hall–Kier alpha value is 0. The van der Waals surface area contributed by atoms with Crippen LogP contribution in [0.2, 0.25) is 0 Å². The molecule has 3 saturated carbocycles. The van der Waals surface area contributed by atoms with E-state index in [1.165, 1.54) is 6.42 Å². The standard InChI is InChI=1S/C13H22/c1-9-3-4-12(9)13-6-5-11(8-13)10(2)7-13/h9-12H,3-8H2,1-2H3. The summed E-state index contributed by atoms with van der Waals surface area (Å²) in [4.78, 5) is 0. The van der Waals surface area contributed by atoms with Crippen LogP contribution in [-0.2, 0) is 0 Å². The van der Waals surface area contributed by atoms with Crippen molar-refractivity contribution >= 4 is 0 Å². The van der Waals surface area contributed by atoms with E-state index in [0.717, 1.165) is 29.1 Å². The van der Waals surface area contributed by atoms with E-state index in [-0.39, 0.29) is 0 Å². The first kappa shape index (κ1) is 8.32. The van der Waals surface area contributed by atoms with Gasteiger partial charge in [-0.25, -0.2) is 0 Å². The van der Waals surface area contributed by atoms with Crippen molar-refractivity contribution in [2.75, 3.05) is 0 Å². The summed E-state index contributed by atoms with van der Waals surface area (Å²) in [5.74, 6) is 4.36. The maximum Gasteiger partial charge on any atom is -0.0261 e. The van der Waals surface area contributed by atoms with E-state index in [2.05, 4.69) is 13.8 Å². The maximum atomic E-state index is 2.49. The van der Waals surface area contributed by atoms with E-state index >= 15 is 0 Å². The molecule has 0 nitrogen and oxygen atoms in total. The lowest BCUT2D eigenvalue weighted by Crippen LogP contribution is -2.38. The summed E-state index contributed by atoms with van der Waals surface area (Å²) in [5.41, 5.74) is 0.849. The molecule has 3 fully saturated rings. The van der Waals surface area contributed by atoms with Crippen molar-refractivity contribution in [3.63, 3.8) is 0 Å². The number of hydrogen-bond donors (Lipinski definition) is 0. The van der Waals surface area contributed by atoms with Gasteiger partial charge in [-0.05, 0) is 61.2 Å². The lowest BCUT2D eigenvalue weighted by Gasteiger charge is -2.47. The highest BCUT2D eigenvalue weighted by Crippen LogP contribution is 2.65. The highest BCUT2D eigenvalue weighted by molar-refractivity contribution is 5.05. The minimum Gasteiger partial charge on any atom is -0.0622 e. The van der Waals surface area contributed by atoms with Gasteiger partial charge in [0.1, 0.15) is 0 Å². The van der Waals surface area contributed by atoms with Gasteiger partial charge in [0.2, 0.25) is 0 Å². The molecular weight excluding hydrogens is 156 g/mol. The fourth-order valence-electron chi connectivity index (χ4n) is 4.74. The molecule has 0 aromatic carbocycles. The minimum atomic E-state index is 0.849. The molecule has 3 rings (SSSR count). The van der Waals surface area contributed by atoms with Crippen LogP contribution < -0.4 is 0 Å². The van der Waals surface area contributed by atoms with Gasteiger partial charge in [0.25, 0.3) is 0 Å². The topological polar surface area (TPSA) is 0 Å². The Bertz CT molecular complexity index is 216. The molecule has 0 amide bonds. The van der Waals surface area contributed by atoms with Gasteiger partial charge in [-0.1, -0.05) is 20.3 Å². The molecule has 2 bridgehead atoms. The summed E-state index contributed by atoms with van der Waals surface area (Å²) in [6, 6.07) is 0. The maximum absolute atomic E-state index is 2.49. The normalized spacial score (nSPS) is 59.5. The summed E-state index contributed by atoms with van der Waals surface area (Å²) < 4.78 is 0. The molecular formula is C13H22. The van der Waals surface area contributed by atoms with Crippen molar-refractivity contribution in [2.24, 2.45) is 29.1 Å². The van der Waals surface area contributed by atoms with E-state index in [1.807, 2.05) is 0 Å². The predicted octanol–water partition coefficient (Wildman–Crippen LogP) is 3.86. The zero-order valence-corrected chi connectivity index (χ0v) is 9.05. The molecule has 0 aromatic rings. The predicted molar refractivity (Wildman–Crippen MR) is 55.4 cm³/mol. The van der Waals surface area contributed by atoms with E-state index in [1.54, 1.807) is 32.1 Å². The first-order valence-electron chi connectivity index (χ1n) is 6.21. The highest BCUT2D eigenvalue weighted by atomic mass is 14.6. The van der Waals surface area contributed by atoms with Crippen LogP contribution >= 0.6 is 0 Å². The summed E-state index contributed by atoms with van der Waals surface area (Å²) in [6.45, 7) is 4.98. The second-order valence-corrected chi connectivity index (χ2v) is 6.21. The Morgan fingerprint density at radius 1 is 0.923 bits per heavy atom. The summed E-state index contributed by atoms with van der Waals surface area (Å²) in [6.07, 6.45) is 9.39. The van der Waals surface area contributed by atoms with Gasteiger partial charge in [-0.3, -0.25) is 0 Å². The van der Waals surface area contributed by atoms with Crippen molar-refractivity contribution in [3.8, 4) is 0 Å². The Morgan fingerprint density at radius 3 is 2.15 bits per heavy atom. The molecule has 5 unspecified atom stereocenters. The van der Waals surface area contributed by atoms with Crippen LogP contribution in [0.3, 0.4) is 0 Å². The quantitative estimate of drug-likeness (QED) is 0.572. The molecule has 13 heavy (non-hydrogen) atoms. The summed E-state index contributed by atoms with van der Waals surface area (Å²) in [7, 11) is 0. The molecule has 3 aliphatic carbocycles. The van der Waals surface area contributed by atoms with Crippen molar-refractivity contribution in [1.29, 1.82) is 0 Å².